The first-order valence-electron chi connectivity index (χ1n) is 6.26. The van der Waals surface area contributed by atoms with Crippen LogP contribution in [0.4, 0.5) is 10.1 Å². The van der Waals surface area contributed by atoms with Crippen molar-refractivity contribution in [3.05, 3.63) is 58.3 Å². The van der Waals surface area contributed by atoms with Crippen molar-refractivity contribution in [1.29, 1.82) is 0 Å². The van der Waals surface area contributed by atoms with Crippen LogP contribution in [0.15, 0.2) is 46.9 Å². The minimum absolute atomic E-state index is 0.188. The second-order valence-electron chi connectivity index (χ2n) is 4.28. The molecule has 0 fully saturated rings. The third kappa shape index (κ3) is 4.27. The number of benzene rings is 2. The van der Waals surface area contributed by atoms with Crippen LogP contribution in [0.25, 0.3) is 0 Å². The van der Waals surface area contributed by atoms with E-state index in [1.165, 1.54) is 18.2 Å². The van der Waals surface area contributed by atoms with Crippen LogP contribution in [0, 0.1) is 5.82 Å². The van der Waals surface area contributed by atoms with Crippen molar-refractivity contribution >= 4 is 27.5 Å². The zero-order valence-corrected chi connectivity index (χ0v) is 12.7. The molecule has 0 aliphatic carbocycles. The Kier molecular flexibility index (Phi) is 5.30. The van der Waals surface area contributed by atoms with E-state index in [4.69, 9.17) is 10.5 Å². The van der Waals surface area contributed by atoms with E-state index in [2.05, 4.69) is 21.2 Å². The second kappa shape index (κ2) is 7.19. The third-order valence-corrected chi connectivity index (χ3v) is 3.35. The number of ether oxygens (including phenoxy) is 1. The summed E-state index contributed by atoms with van der Waals surface area (Å²) in [6, 6.07) is 11.1. The van der Waals surface area contributed by atoms with Gasteiger partial charge in [-0.25, -0.2) is 4.39 Å². The van der Waals surface area contributed by atoms with Gasteiger partial charge in [0.05, 0.1) is 4.47 Å². The van der Waals surface area contributed by atoms with Gasteiger partial charge in [0.25, 0.3) is 5.91 Å². The van der Waals surface area contributed by atoms with Crippen molar-refractivity contribution in [2.24, 2.45) is 5.73 Å². The van der Waals surface area contributed by atoms with Crippen LogP contribution in [0.3, 0.4) is 0 Å². The minimum atomic E-state index is -0.412. The molecule has 2 aromatic carbocycles. The number of amides is 1. The lowest BCUT2D eigenvalue weighted by Crippen LogP contribution is -2.21. The highest BCUT2D eigenvalue weighted by Crippen LogP contribution is 2.28. The normalized spacial score (nSPS) is 10.2. The summed E-state index contributed by atoms with van der Waals surface area (Å²) in [5, 5.41) is 2.56. The highest BCUT2D eigenvalue weighted by atomic mass is 79.9. The van der Waals surface area contributed by atoms with E-state index in [-0.39, 0.29) is 12.5 Å². The Hall–Kier alpha value is -1.92. The Morgan fingerprint density at radius 1 is 1.29 bits per heavy atom. The number of rotatable bonds is 5. The van der Waals surface area contributed by atoms with Gasteiger partial charge in [0, 0.05) is 17.8 Å². The van der Waals surface area contributed by atoms with E-state index in [9.17, 15) is 9.18 Å². The minimum Gasteiger partial charge on any atom is -0.482 e. The fraction of sp³-hybridized carbons (Fsp3) is 0.133. The fourth-order valence-corrected chi connectivity index (χ4v) is 2.30. The van der Waals surface area contributed by atoms with Crippen LogP contribution < -0.4 is 15.8 Å². The van der Waals surface area contributed by atoms with Crippen LogP contribution in [0.2, 0.25) is 0 Å². The number of hydrogen-bond acceptors (Lipinski definition) is 3. The zero-order valence-electron chi connectivity index (χ0n) is 11.1. The molecule has 0 radical (unpaired) electrons. The summed E-state index contributed by atoms with van der Waals surface area (Å²) >= 11 is 3.35. The maximum atomic E-state index is 13.0. The van der Waals surface area contributed by atoms with Crippen molar-refractivity contribution in [3.63, 3.8) is 0 Å². The molecule has 0 aliphatic rings. The number of nitrogens with two attached hydrogens (primary N) is 1. The number of para-hydroxylation sites is 1. The summed E-state index contributed by atoms with van der Waals surface area (Å²) in [5.41, 5.74) is 6.80. The summed E-state index contributed by atoms with van der Waals surface area (Å²) in [6.07, 6.45) is 0. The Morgan fingerprint density at radius 3 is 2.76 bits per heavy atom. The van der Waals surface area contributed by atoms with Crippen LogP contribution in [0.5, 0.6) is 5.75 Å². The molecule has 0 saturated heterocycles. The highest BCUT2D eigenvalue weighted by Gasteiger charge is 2.10. The Bertz CT molecular complexity index is 649. The average Bonchev–Trinajstić information content (AvgIpc) is 2.45. The van der Waals surface area contributed by atoms with Crippen LogP contribution in [0.1, 0.15) is 5.56 Å². The summed E-state index contributed by atoms with van der Waals surface area (Å²) in [7, 11) is 0. The maximum absolute atomic E-state index is 13.0. The van der Waals surface area contributed by atoms with Gasteiger partial charge in [0.15, 0.2) is 6.61 Å². The third-order valence-electron chi connectivity index (χ3n) is 2.72. The van der Waals surface area contributed by atoms with Gasteiger partial charge in [-0.2, -0.15) is 0 Å². The monoisotopic (exact) mass is 352 g/mol. The number of halogens is 2. The van der Waals surface area contributed by atoms with Crippen LogP contribution in [-0.2, 0) is 11.3 Å². The van der Waals surface area contributed by atoms with Gasteiger partial charge < -0.3 is 15.8 Å². The van der Waals surface area contributed by atoms with E-state index in [0.717, 1.165) is 10.0 Å². The molecule has 3 N–H and O–H groups in total. The lowest BCUT2D eigenvalue weighted by atomic mass is 10.2. The summed E-state index contributed by atoms with van der Waals surface area (Å²) in [6.45, 7) is 0.117. The molecule has 2 rings (SSSR count). The van der Waals surface area contributed by atoms with Crippen LogP contribution >= 0.6 is 15.9 Å². The van der Waals surface area contributed by atoms with Gasteiger partial charge in [0.1, 0.15) is 11.6 Å². The van der Waals surface area contributed by atoms with Gasteiger partial charge in [-0.1, -0.05) is 18.2 Å². The van der Waals surface area contributed by atoms with E-state index in [0.29, 0.717) is 18.0 Å². The molecule has 0 bridgehead atoms. The van der Waals surface area contributed by atoms with E-state index in [1.54, 1.807) is 12.1 Å². The predicted molar refractivity (Wildman–Crippen MR) is 82.6 cm³/mol. The topological polar surface area (TPSA) is 64.3 Å². The zero-order chi connectivity index (χ0) is 15.2. The Labute approximate surface area is 130 Å². The van der Waals surface area contributed by atoms with Crippen molar-refractivity contribution in [2.75, 3.05) is 11.9 Å². The molecule has 2 aromatic rings. The number of carbonyl (C=O) groups is 1. The fourth-order valence-electron chi connectivity index (χ4n) is 1.78. The highest BCUT2D eigenvalue weighted by molar-refractivity contribution is 9.10. The molecule has 0 unspecified atom stereocenters. The van der Waals surface area contributed by atoms with Gasteiger partial charge in [-0.15, -0.1) is 0 Å². The predicted octanol–water partition coefficient (Wildman–Crippen LogP) is 3.06. The lowest BCUT2D eigenvalue weighted by Gasteiger charge is -2.12. The van der Waals surface area contributed by atoms with Crippen LogP contribution in [-0.4, -0.2) is 12.5 Å². The van der Waals surface area contributed by atoms with Gasteiger partial charge >= 0.3 is 0 Å². The van der Waals surface area contributed by atoms with Crippen molar-refractivity contribution in [1.82, 2.24) is 0 Å². The van der Waals surface area contributed by atoms with Crippen molar-refractivity contribution < 1.29 is 13.9 Å². The quantitative estimate of drug-likeness (QED) is 0.868. The largest absolute Gasteiger partial charge is 0.482 e. The molecule has 0 spiro atoms. The molecule has 4 nitrogen and oxygen atoms in total. The van der Waals surface area contributed by atoms with E-state index in [1.807, 2.05) is 12.1 Å². The number of anilines is 1. The Morgan fingerprint density at radius 2 is 2.05 bits per heavy atom. The van der Waals surface area contributed by atoms with E-state index >= 15 is 0 Å². The molecule has 0 heterocycles. The van der Waals surface area contributed by atoms with Gasteiger partial charge in [-0.05, 0) is 40.2 Å². The first-order chi connectivity index (χ1) is 10.1. The molecule has 1 amide bonds. The summed E-state index contributed by atoms with van der Waals surface area (Å²) in [4.78, 5) is 11.8. The lowest BCUT2D eigenvalue weighted by molar-refractivity contribution is -0.118. The second-order valence-corrected chi connectivity index (χ2v) is 5.13. The maximum Gasteiger partial charge on any atom is 0.262 e. The molecule has 0 aromatic heterocycles. The number of hydrogen-bond donors (Lipinski definition) is 2. The first-order valence-corrected chi connectivity index (χ1v) is 7.05. The van der Waals surface area contributed by atoms with Gasteiger partial charge in [0.2, 0.25) is 0 Å². The standard InChI is InChI=1S/C15H14BrFN2O2/c16-13-6-1-3-10(8-18)15(13)21-9-14(20)19-12-5-2-4-11(17)7-12/h1-7H,8-9,18H2,(H,19,20). The molecule has 0 saturated carbocycles. The first kappa shape index (κ1) is 15.5. The van der Waals surface area contributed by atoms with E-state index < -0.39 is 5.82 Å². The molecule has 6 heteroatoms. The summed E-state index contributed by atoms with van der Waals surface area (Å²) in [5.74, 6) is -0.251. The summed E-state index contributed by atoms with van der Waals surface area (Å²) < 4.78 is 19.2. The van der Waals surface area contributed by atoms with Gasteiger partial charge in [-0.3, -0.25) is 4.79 Å². The smallest absolute Gasteiger partial charge is 0.262 e. The van der Waals surface area contributed by atoms with Crippen molar-refractivity contribution in [3.8, 4) is 5.75 Å². The molecule has 110 valence electrons. The SMILES string of the molecule is NCc1cccc(Br)c1OCC(=O)Nc1cccc(F)c1. The molecule has 21 heavy (non-hydrogen) atoms. The molecule has 0 aliphatic heterocycles. The molecular formula is C15H14BrFN2O2. The molecular weight excluding hydrogens is 339 g/mol. The van der Waals surface area contributed by atoms with Crippen molar-refractivity contribution in [2.45, 2.75) is 6.54 Å². The number of nitrogens with one attached hydrogen (secondary N) is 1. The Balaban J connectivity index is 1.99. The molecule has 0 atom stereocenters. The number of carbonyl (C=O) groups excluding carboxylic acids is 1. The average molecular weight is 353 g/mol.